The Morgan fingerprint density at radius 2 is 1.90 bits per heavy atom. The molecule has 3 N–H and O–H groups in total. The van der Waals surface area contributed by atoms with Gasteiger partial charge in [0.2, 0.25) is 0 Å². The minimum Gasteiger partial charge on any atom is -0.481 e. The van der Waals surface area contributed by atoms with Gasteiger partial charge >= 0.3 is 5.97 Å². The van der Waals surface area contributed by atoms with Gasteiger partial charge in [-0.15, -0.1) is 6.58 Å². The van der Waals surface area contributed by atoms with Crippen molar-refractivity contribution in [3.8, 4) is 0 Å². The molecule has 0 bridgehead atoms. The monoisotopic (exact) mass is 398 g/mol. The molecule has 0 aromatic heterocycles. The van der Waals surface area contributed by atoms with Crippen LogP contribution in [0.3, 0.4) is 0 Å². The third-order valence-electron chi connectivity index (χ3n) is 2.94. The van der Waals surface area contributed by atoms with E-state index in [9.17, 15) is 15.0 Å². The molecule has 5 nitrogen and oxygen atoms in total. The number of rotatable bonds is 5. The van der Waals surface area contributed by atoms with Crippen LogP contribution in [-0.2, 0) is 9.53 Å². The number of carboxylic acid groups (broad SMARTS) is 1. The van der Waals surface area contributed by atoms with Crippen LogP contribution in [0.15, 0.2) is 12.7 Å². The second-order valence-corrected chi connectivity index (χ2v) is 4.24. The molecule has 1 rings (SSSR count). The van der Waals surface area contributed by atoms with Crippen molar-refractivity contribution in [1.29, 1.82) is 0 Å². The average Bonchev–Trinajstić information content (AvgIpc) is 2.57. The van der Waals surface area contributed by atoms with Crippen LogP contribution in [0, 0.1) is 5.92 Å². The van der Waals surface area contributed by atoms with Crippen LogP contribution in [0.4, 0.5) is 0 Å². The molecular weight excluding hydrogens is 367 g/mol. The van der Waals surface area contributed by atoms with E-state index < -0.39 is 30.4 Å². The molecule has 5 atom stereocenters. The van der Waals surface area contributed by atoms with Gasteiger partial charge in [0.15, 0.2) is 0 Å². The van der Waals surface area contributed by atoms with E-state index in [2.05, 4.69) is 6.58 Å². The van der Waals surface area contributed by atoms with Crippen molar-refractivity contribution in [3.63, 3.8) is 0 Å². The fourth-order valence-corrected chi connectivity index (χ4v) is 1.93. The summed E-state index contributed by atoms with van der Waals surface area (Å²) in [7, 11) is 0. The van der Waals surface area contributed by atoms with E-state index in [1.54, 1.807) is 0 Å². The van der Waals surface area contributed by atoms with Crippen molar-refractivity contribution in [2.75, 3.05) is 0 Å². The van der Waals surface area contributed by atoms with E-state index in [0.717, 1.165) is 0 Å². The van der Waals surface area contributed by atoms with Crippen LogP contribution in [0.2, 0.25) is 0 Å². The average molecular weight is 397 g/mol. The molecule has 4 radical (unpaired) electrons. The first-order chi connectivity index (χ1) is 7.45. The van der Waals surface area contributed by atoms with Gasteiger partial charge < -0.3 is 20.1 Å². The zero-order valence-corrected chi connectivity index (χ0v) is 12.6. The molecule has 1 aliphatic rings. The summed E-state index contributed by atoms with van der Waals surface area (Å²) in [6, 6.07) is 0. The van der Waals surface area contributed by atoms with E-state index in [1.165, 1.54) is 6.08 Å². The number of hydrogen-bond donors (Lipinski definition) is 3. The summed E-state index contributed by atoms with van der Waals surface area (Å²) in [6.45, 7) is 5.26. The van der Waals surface area contributed by atoms with Crippen molar-refractivity contribution >= 4 is 29.9 Å². The van der Waals surface area contributed by atoms with Gasteiger partial charge in [0.05, 0.1) is 18.6 Å². The standard InChI is InChI=1S/C11H18O5.3CH4.Sn/c1-3-7(12)11(15)9-4-6(2)8(16-9)5-10(13)14;;;;/h3,6-9,11-12,15H,1,4-5H2,2H3,(H,13,14);3*1H4;. The molecule has 1 aliphatic heterocycles. The molecule has 0 aromatic rings. The van der Waals surface area contributed by atoms with Gasteiger partial charge in [-0.3, -0.25) is 4.79 Å². The summed E-state index contributed by atoms with van der Waals surface area (Å²) >= 11 is 0. The molecule has 120 valence electrons. The molecule has 20 heavy (non-hydrogen) atoms. The second kappa shape index (κ2) is 12.6. The Labute approximate surface area is 140 Å². The van der Waals surface area contributed by atoms with Crippen molar-refractivity contribution in [3.05, 3.63) is 12.7 Å². The van der Waals surface area contributed by atoms with E-state index >= 15 is 0 Å². The Morgan fingerprint density at radius 1 is 1.40 bits per heavy atom. The van der Waals surface area contributed by atoms with Crippen LogP contribution in [0.1, 0.15) is 42.0 Å². The minimum atomic E-state index is -1.04. The second-order valence-electron chi connectivity index (χ2n) is 4.24. The number of hydrogen-bond acceptors (Lipinski definition) is 4. The Bertz CT molecular complexity index is 272. The van der Waals surface area contributed by atoms with Gasteiger partial charge in [-0.25, -0.2) is 0 Å². The zero-order chi connectivity index (χ0) is 12.3. The fourth-order valence-electron chi connectivity index (χ4n) is 1.93. The smallest absolute Gasteiger partial charge is 0.305 e. The first-order valence-electron chi connectivity index (χ1n) is 5.31. The maximum absolute atomic E-state index is 10.6. The summed E-state index contributed by atoms with van der Waals surface area (Å²) < 4.78 is 5.43. The molecular formula is C14H30O5Sn. The van der Waals surface area contributed by atoms with Gasteiger partial charge in [0.25, 0.3) is 0 Å². The van der Waals surface area contributed by atoms with Crippen molar-refractivity contribution in [2.24, 2.45) is 5.92 Å². The van der Waals surface area contributed by atoms with Crippen LogP contribution in [0.25, 0.3) is 0 Å². The molecule has 0 aliphatic carbocycles. The quantitative estimate of drug-likeness (QED) is 0.486. The molecule has 1 heterocycles. The normalized spacial score (nSPS) is 26.6. The maximum atomic E-state index is 10.6. The Kier molecular flexibility index (Phi) is 17.7. The molecule has 0 amide bonds. The molecule has 0 aromatic carbocycles. The minimum absolute atomic E-state index is 0. The first kappa shape index (κ1) is 28.1. The molecule has 6 heteroatoms. The number of aliphatic carboxylic acids is 1. The van der Waals surface area contributed by atoms with Crippen LogP contribution in [-0.4, -0.2) is 69.6 Å². The predicted octanol–water partition coefficient (Wildman–Crippen LogP) is 1.69. The number of carbonyl (C=O) groups is 1. The van der Waals surface area contributed by atoms with Crippen molar-refractivity contribution in [2.45, 2.75) is 66.5 Å². The van der Waals surface area contributed by atoms with E-state index in [0.29, 0.717) is 6.42 Å². The number of aliphatic hydroxyl groups is 2. The van der Waals surface area contributed by atoms with Gasteiger partial charge in [-0.05, 0) is 12.3 Å². The Hall–Kier alpha value is -0.111. The summed E-state index contributed by atoms with van der Waals surface area (Å²) in [4.78, 5) is 10.6. The maximum Gasteiger partial charge on any atom is 0.305 e. The van der Waals surface area contributed by atoms with Gasteiger partial charge in [0.1, 0.15) is 12.2 Å². The molecule has 0 spiro atoms. The van der Waals surface area contributed by atoms with Crippen molar-refractivity contribution < 1.29 is 24.9 Å². The summed E-state index contributed by atoms with van der Waals surface area (Å²) in [5, 5.41) is 27.7. The molecule has 1 saturated heterocycles. The molecule has 5 unspecified atom stereocenters. The molecule has 1 fully saturated rings. The predicted molar refractivity (Wildman–Crippen MR) is 82.9 cm³/mol. The summed E-state index contributed by atoms with van der Waals surface area (Å²) in [6.07, 6.45) is -1.29. The summed E-state index contributed by atoms with van der Waals surface area (Å²) in [5.74, 6) is -0.857. The van der Waals surface area contributed by atoms with Crippen molar-refractivity contribution in [1.82, 2.24) is 0 Å². The number of aliphatic hydroxyl groups excluding tert-OH is 2. The van der Waals surface area contributed by atoms with Gasteiger partial charge in [0, 0.05) is 23.9 Å². The van der Waals surface area contributed by atoms with Gasteiger partial charge in [-0.1, -0.05) is 35.3 Å². The fraction of sp³-hybridized carbons (Fsp3) is 0.786. The third kappa shape index (κ3) is 7.61. The number of carboxylic acids is 1. The van der Waals surface area contributed by atoms with Crippen LogP contribution < -0.4 is 0 Å². The van der Waals surface area contributed by atoms with Crippen LogP contribution >= 0.6 is 0 Å². The number of ether oxygens (including phenoxy) is 1. The van der Waals surface area contributed by atoms with Gasteiger partial charge in [-0.2, -0.15) is 0 Å². The van der Waals surface area contributed by atoms with E-state index in [4.69, 9.17) is 9.84 Å². The zero-order valence-electron chi connectivity index (χ0n) is 9.74. The SMILES string of the molecule is C.C.C.C=CC(O)C(O)C1CC(C)C(CC(=O)O)O1.[Sn]. The topological polar surface area (TPSA) is 87.0 Å². The van der Waals surface area contributed by atoms with Crippen LogP contribution in [0.5, 0.6) is 0 Å². The Balaban J connectivity index is -0.000000320. The third-order valence-corrected chi connectivity index (χ3v) is 2.94. The Morgan fingerprint density at radius 3 is 2.30 bits per heavy atom. The summed E-state index contributed by atoms with van der Waals surface area (Å²) in [5.41, 5.74) is 0. The van der Waals surface area contributed by atoms with E-state index in [1.807, 2.05) is 6.92 Å². The largest absolute Gasteiger partial charge is 0.481 e. The van der Waals surface area contributed by atoms with E-state index in [-0.39, 0.29) is 58.5 Å². The first-order valence-corrected chi connectivity index (χ1v) is 5.31. The molecule has 0 saturated carbocycles.